The molecule has 3 nitrogen and oxygen atoms in total. The first kappa shape index (κ1) is 12.5. The van der Waals surface area contributed by atoms with Crippen LogP contribution in [0.1, 0.15) is 23.4 Å². The van der Waals surface area contributed by atoms with E-state index in [1.165, 1.54) is 4.88 Å². The summed E-state index contributed by atoms with van der Waals surface area (Å²) in [6, 6.07) is 6.28. The van der Waals surface area contributed by atoms with Crippen molar-refractivity contribution in [3.05, 3.63) is 45.4 Å². The molecule has 5 heteroatoms. The normalized spacial score (nSPS) is 12.6. The Kier molecular flexibility index (Phi) is 4.48. The van der Waals surface area contributed by atoms with E-state index in [9.17, 15) is 0 Å². The molecule has 17 heavy (non-hydrogen) atoms. The molecule has 0 bridgehead atoms. The van der Waals surface area contributed by atoms with Crippen LogP contribution in [-0.4, -0.2) is 16.7 Å². The Morgan fingerprint density at radius 3 is 2.82 bits per heavy atom. The van der Waals surface area contributed by atoms with Gasteiger partial charge in [0.05, 0.1) is 10.5 Å². The molecule has 0 aliphatic carbocycles. The van der Waals surface area contributed by atoms with Crippen molar-refractivity contribution < 1.29 is 0 Å². The molecule has 0 aliphatic heterocycles. The van der Waals surface area contributed by atoms with Crippen LogP contribution in [0, 0.1) is 0 Å². The number of hydrogen-bond donors (Lipinski definition) is 1. The number of aromatic nitrogens is 2. The summed E-state index contributed by atoms with van der Waals surface area (Å²) in [5.74, 6) is 0. The van der Waals surface area contributed by atoms with E-state index in [0.717, 1.165) is 22.9 Å². The van der Waals surface area contributed by atoms with Crippen molar-refractivity contribution >= 4 is 22.9 Å². The molecule has 0 radical (unpaired) electrons. The SMILES string of the molecule is CCNC(Cc1ccc(Cl)s1)c1ccnnc1. The largest absolute Gasteiger partial charge is 0.310 e. The zero-order chi connectivity index (χ0) is 12.1. The van der Waals surface area contributed by atoms with E-state index in [1.54, 1.807) is 17.5 Å². The van der Waals surface area contributed by atoms with Crippen molar-refractivity contribution in [1.29, 1.82) is 0 Å². The molecule has 0 saturated heterocycles. The summed E-state index contributed by atoms with van der Waals surface area (Å²) in [7, 11) is 0. The summed E-state index contributed by atoms with van der Waals surface area (Å²) < 4.78 is 0.836. The first-order chi connectivity index (χ1) is 8.29. The van der Waals surface area contributed by atoms with Gasteiger partial charge in [0.1, 0.15) is 0 Å². The monoisotopic (exact) mass is 267 g/mol. The van der Waals surface area contributed by atoms with Gasteiger partial charge in [-0.25, -0.2) is 0 Å². The lowest BCUT2D eigenvalue weighted by Gasteiger charge is -2.16. The van der Waals surface area contributed by atoms with Gasteiger partial charge < -0.3 is 5.32 Å². The molecule has 2 rings (SSSR count). The Morgan fingerprint density at radius 1 is 1.35 bits per heavy atom. The van der Waals surface area contributed by atoms with Gasteiger partial charge in [0.25, 0.3) is 0 Å². The number of nitrogens with zero attached hydrogens (tertiary/aromatic N) is 2. The third-order valence-corrected chi connectivity index (χ3v) is 3.75. The van der Waals surface area contributed by atoms with Crippen LogP contribution < -0.4 is 5.32 Å². The Morgan fingerprint density at radius 2 is 2.24 bits per heavy atom. The third kappa shape index (κ3) is 3.49. The lowest BCUT2D eigenvalue weighted by molar-refractivity contribution is 0.550. The van der Waals surface area contributed by atoms with Gasteiger partial charge in [0, 0.05) is 23.5 Å². The van der Waals surface area contributed by atoms with Crippen LogP contribution >= 0.6 is 22.9 Å². The maximum Gasteiger partial charge on any atom is 0.0931 e. The highest BCUT2D eigenvalue weighted by molar-refractivity contribution is 7.16. The summed E-state index contributed by atoms with van der Waals surface area (Å²) in [6.07, 6.45) is 4.46. The number of thiophene rings is 1. The van der Waals surface area contributed by atoms with Gasteiger partial charge in [-0.3, -0.25) is 0 Å². The number of rotatable bonds is 5. The summed E-state index contributed by atoms with van der Waals surface area (Å²) in [5, 5.41) is 11.2. The highest BCUT2D eigenvalue weighted by Gasteiger charge is 2.12. The van der Waals surface area contributed by atoms with Gasteiger partial charge in [-0.05, 0) is 30.3 Å². The number of nitrogens with one attached hydrogen (secondary N) is 1. The summed E-state index contributed by atoms with van der Waals surface area (Å²) in [5.41, 5.74) is 1.16. The molecule has 0 spiro atoms. The summed E-state index contributed by atoms with van der Waals surface area (Å²) in [6.45, 7) is 3.02. The first-order valence-corrected chi connectivity index (χ1v) is 6.73. The van der Waals surface area contributed by atoms with Crippen LogP contribution in [0.25, 0.3) is 0 Å². The second-order valence-electron chi connectivity index (χ2n) is 3.70. The summed E-state index contributed by atoms with van der Waals surface area (Å²) >= 11 is 7.57. The average Bonchev–Trinajstić information content (AvgIpc) is 2.75. The molecule has 2 aromatic rings. The van der Waals surface area contributed by atoms with Crippen molar-refractivity contribution in [2.75, 3.05) is 6.54 Å². The zero-order valence-electron chi connectivity index (χ0n) is 9.56. The van der Waals surface area contributed by atoms with Gasteiger partial charge in [-0.2, -0.15) is 10.2 Å². The predicted molar refractivity (Wildman–Crippen MR) is 71.5 cm³/mol. The van der Waals surface area contributed by atoms with Crippen LogP contribution in [0.15, 0.2) is 30.6 Å². The highest BCUT2D eigenvalue weighted by atomic mass is 35.5. The summed E-state index contributed by atoms with van der Waals surface area (Å²) in [4.78, 5) is 1.28. The number of halogens is 1. The average molecular weight is 268 g/mol. The van der Waals surface area contributed by atoms with Gasteiger partial charge in [0.2, 0.25) is 0 Å². The molecular formula is C12H14ClN3S. The second-order valence-corrected chi connectivity index (χ2v) is 5.50. The van der Waals surface area contributed by atoms with E-state index in [2.05, 4.69) is 28.5 Å². The Balaban J connectivity index is 2.13. The van der Waals surface area contributed by atoms with E-state index in [-0.39, 0.29) is 6.04 Å². The molecule has 1 unspecified atom stereocenters. The Hall–Kier alpha value is -0.970. The van der Waals surface area contributed by atoms with Gasteiger partial charge >= 0.3 is 0 Å². The molecule has 1 N–H and O–H groups in total. The van der Waals surface area contributed by atoms with Crippen LogP contribution in [-0.2, 0) is 6.42 Å². The van der Waals surface area contributed by atoms with Crippen molar-refractivity contribution in [3.63, 3.8) is 0 Å². The van der Waals surface area contributed by atoms with Crippen LogP contribution in [0.3, 0.4) is 0 Å². The fourth-order valence-corrected chi connectivity index (χ4v) is 2.86. The minimum Gasteiger partial charge on any atom is -0.310 e. The van der Waals surface area contributed by atoms with Crippen LogP contribution in [0.5, 0.6) is 0 Å². The van der Waals surface area contributed by atoms with Crippen molar-refractivity contribution in [2.45, 2.75) is 19.4 Å². The van der Waals surface area contributed by atoms with Gasteiger partial charge in [-0.15, -0.1) is 11.3 Å². The highest BCUT2D eigenvalue weighted by Crippen LogP contribution is 2.26. The van der Waals surface area contributed by atoms with E-state index in [4.69, 9.17) is 11.6 Å². The number of hydrogen-bond acceptors (Lipinski definition) is 4. The molecular weight excluding hydrogens is 254 g/mol. The van der Waals surface area contributed by atoms with Crippen LogP contribution in [0.2, 0.25) is 4.34 Å². The molecule has 2 heterocycles. The smallest absolute Gasteiger partial charge is 0.0931 e. The van der Waals surface area contributed by atoms with Gasteiger partial charge in [0.15, 0.2) is 0 Å². The van der Waals surface area contributed by atoms with E-state index >= 15 is 0 Å². The molecule has 0 aromatic carbocycles. The number of likely N-dealkylation sites (N-methyl/N-ethyl adjacent to an activating group) is 1. The van der Waals surface area contributed by atoms with E-state index in [0.29, 0.717) is 0 Å². The fourth-order valence-electron chi connectivity index (χ4n) is 1.72. The fraction of sp³-hybridized carbons (Fsp3) is 0.333. The Bertz CT molecular complexity index is 458. The van der Waals surface area contributed by atoms with Crippen molar-refractivity contribution in [3.8, 4) is 0 Å². The zero-order valence-corrected chi connectivity index (χ0v) is 11.1. The minimum atomic E-state index is 0.269. The quantitative estimate of drug-likeness (QED) is 0.905. The van der Waals surface area contributed by atoms with Gasteiger partial charge in [-0.1, -0.05) is 18.5 Å². The maximum atomic E-state index is 5.94. The first-order valence-electron chi connectivity index (χ1n) is 5.53. The molecule has 0 aliphatic rings. The van der Waals surface area contributed by atoms with Crippen molar-refractivity contribution in [2.24, 2.45) is 0 Å². The molecule has 0 fully saturated rings. The predicted octanol–water partition coefficient (Wildman–Crippen LogP) is 3.08. The lowest BCUT2D eigenvalue weighted by Crippen LogP contribution is -2.22. The molecule has 0 amide bonds. The molecule has 0 saturated carbocycles. The second kappa shape index (κ2) is 6.10. The Labute approximate surface area is 110 Å². The minimum absolute atomic E-state index is 0.269. The topological polar surface area (TPSA) is 37.8 Å². The van der Waals surface area contributed by atoms with Crippen LogP contribution in [0.4, 0.5) is 0 Å². The molecule has 90 valence electrons. The van der Waals surface area contributed by atoms with E-state index in [1.807, 2.05) is 18.3 Å². The molecule has 2 aromatic heterocycles. The maximum absolute atomic E-state index is 5.94. The standard InChI is InChI=1S/C12H14ClN3S/c1-2-14-11(9-5-6-15-16-8-9)7-10-3-4-12(13)17-10/h3-6,8,11,14H,2,7H2,1H3. The van der Waals surface area contributed by atoms with Crippen molar-refractivity contribution in [1.82, 2.24) is 15.5 Å². The van der Waals surface area contributed by atoms with E-state index < -0.39 is 0 Å². The molecule has 1 atom stereocenters. The third-order valence-electron chi connectivity index (χ3n) is 2.49. The lowest BCUT2D eigenvalue weighted by atomic mass is 10.1.